The van der Waals surface area contributed by atoms with Gasteiger partial charge in [-0.25, -0.2) is 0 Å². The maximum Gasteiger partial charge on any atom is 0.137 e. The zero-order valence-electron chi connectivity index (χ0n) is 9.75. The van der Waals surface area contributed by atoms with Crippen LogP contribution >= 0.6 is 0 Å². The molecule has 0 saturated heterocycles. The van der Waals surface area contributed by atoms with Crippen LogP contribution < -0.4 is 0 Å². The van der Waals surface area contributed by atoms with E-state index in [0.717, 1.165) is 32.2 Å². The standard InChI is InChI=1S/C12H23NO/c1-4-10(2)13(3)9-11-7-5-6-8-12(11)14/h10-11H,4-9H2,1-3H3. The summed E-state index contributed by atoms with van der Waals surface area (Å²) in [5.74, 6) is 0.814. The molecule has 14 heavy (non-hydrogen) atoms. The normalized spacial score (nSPS) is 25.4. The van der Waals surface area contributed by atoms with Gasteiger partial charge in [-0.15, -0.1) is 0 Å². The number of carbonyl (C=O) groups excluding carboxylic acids is 1. The zero-order valence-corrected chi connectivity index (χ0v) is 9.75. The monoisotopic (exact) mass is 197 g/mol. The second-order valence-electron chi connectivity index (χ2n) is 4.61. The summed E-state index contributed by atoms with van der Waals surface area (Å²) in [5, 5.41) is 0. The number of ketones is 1. The van der Waals surface area contributed by atoms with E-state index < -0.39 is 0 Å². The second kappa shape index (κ2) is 5.50. The second-order valence-corrected chi connectivity index (χ2v) is 4.61. The van der Waals surface area contributed by atoms with Gasteiger partial charge in [0.2, 0.25) is 0 Å². The molecule has 1 fully saturated rings. The Kier molecular flexibility index (Phi) is 4.59. The summed E-state index contributed by atoms with van der Waals surface area (Å²) in [6.45, 7) is 5.39. The van der Waals surface area contributed by atoms with Gasteiger partial charge in [0.15, 0.2) is 0 Å². The molecule has 0 aromatic carbocycles. The van der Waals surface area contributed by atoms with Gasteiger partial charge >= 0.3 is 0 Å². The highest BCUT2D eigenvalue weighted by Crippen LogP contribution is 2.21. The molecule has 0 spiro atoms. The first-order valence-corrected chi connectivity index (χ1v) is 5.88. The molecule has 0 heterocycles. The molecule has 2 unspecified atom stereocenters. The van der Waals surface area contributed by atoms with Crippen LogP contribution in [-0.4, -0.2) is 30.3 Å². The lowest BCUT2D eigenvalue weighted by molar-refractivity contribution is -0.125. The SMILES string of the molecule is CCC(C)N(C)CC1CCCCC1=O. The van der Waals surface area contributed by atoms with Crippen LogP contribution in [0.1, 0.15) is 46.0 Å². The summed E-state index contributed by atoms with van der Waals surface area (Å²) in [5.41, 5.74) is 0. The van der Waals surface area contributed by atoms with Crippen molar-refractivity contribution in [3.63, 3.8) is 0 Å². The van der Waals surface area contributed by atoms with Crippen molar-refractivity contribution in [1.29, 1.82) is 0 Å². The van der Waals surface area contributed by atoms with Crippen molar-refractivity contribution in [2.75, 3.05) is 13.6 Å². The Morgan fingerprint density at radius 2 is 2.21 bits per heavy atom. The molecule has 2 nitrogen and oxygen atoms in total. The Morgan fingerprint density at radius 1 is 1.50 bits per heavy atom. The molecule has 82 valence electrons. The topological polar surface area (TPSA) is 20.3 Å². The molecule has 2 heteroatoms. The summed E-state index contributed by atoms with van der Waals surface area (Å²) in [6.07, 6.45) is 5.45. The first-order chi connectivity index (χ1) is 6.65. The van der Waals surface area contributed by atoms with Gasteiger partial charge in [0.05, 0.1) is 0 Å². The van der Waals surface area contributed by atoms with Crippen LogP contribution in [0.5, 0.6) is 0 Å². The highest BCUT2D eigenvalue weighted by Gasteiger charge is 2.24. The maximum atomic E-state index is 11.6. The Balaban J connectivity index is 2.38. The van der Waals surface area contributed by atoms with Crippen LogP contribution in [0.4, 0.5) is 0 Å². The molecule has 1 aliphatic carbocycles. The number of rotatable bonds is 4. The van der Waals surface area contributed by atoms with Gasteiger partial charge in [-0.1, -0.05) is 13.3 Å². The largest absolute Gasteiger partial charge is 0.303 e. The number of Topliss-reactive ketones (excluding diaryl/α,β-unsaturated/α-hetero) is 1. The molecular formula is C12H23NO. The van der Waals surface area contributed by atoms with Gasteiger partial charge in [0, 0.05) is 24.9 Å². The third kappa shape index (κ3) is 3.09. The third-order valence-electron chi connectivity index (χ3n) is 3.53. The van der Waals surface area contributed by atoms with E-state index in [1.807, 2.05) is 0 Å². The number of carbonyl (C=O) groups is 1. The highest BCUT2D eigenvalue weighted by atomic mass is 16.1. The molecule has 0 N–H and O–H groups in total. The van der Waals surface area contributed by atoms with Crippen molar-refractivity contribution in [3.05, 3.63) is 0 Å². The molecule has 0 aromatic heterocycles. The summed E-state index contributed by atoms with van der Waals surface area (Å²) < 4.78 is 0. The zero-order chi connectivity index (χ0) is 10.6. The van der Waals surface area contributed by atoms with Crippen molar-refractivity contribution >= 4 is 5.78 Å². The average molecular weight is 197 g/mol. The first-order valence-electron chi connectivity index (χ1n) is 5.88. The average Bonchev–Trinajstić information content (AvgIpc) is 2.20. The molecule has 0 aromatic rings. The lowest BCUT2D eigenvalue weighted by Gasteiger charge is -2.29. The van der Waals surface area contributed by atoms with Crippen LogP contribution in [0.15, 0.2) is 0 Å². The third-order valence-corrected chi connectivity index (χ3v) is 3.53. The summed E-state index contributed by atoms with van der Waals surface area (Å²) >= 11 is 0. The van der Waals surface area contributed by atoms with Crippen LogP contribution in [0.2, 0.25) is 0 Å². The molecule has 1 saturated carbocycles. The minimum atomic E-state index is 0.322. The molecule has 2 atom stereocenters. The molecular weight excluding hydrogens is 174 g/mol. The fraction of sp³-hybridized carbons (Fsp3) is 0.917. The summed E-state index contributed by atoms with van der Waals surface area (Å²) in [4.78, 5) is 13.9. The number of hydrogen-bond acceptors (Lipinski definition) is 2. The van der Waals surface area contributed by atoms with Crippen molar-refractivity contribution < 1.29 is 4.79 Å². The molecule has 0 radical (unpaired) electrons. The Morgan fingerprint density at radius 3 is 2.79 bits per heavy atom. The van der Waals surface area contributed by atoms with Crippen molar-refractivity contribution in [2.24, 2.45) is 5.92 Å². The van der Waals surface area contributed by atoms with Gasteiger partial charge in [-0.05, 0) is 33.2 Å². The Hall–Kier alpha value is -0.370. The fourth-order valence-electron chi connectivity index (χ4n) is 2.09. The highest BCUT2D eigenvalue weighted by molar-refractivity contribution is 5.81. The number of nitrogens with zero attached hydrogens (tertiary/aromatic N) is 1. The van der Waals surface area contributed by atoms with Crippen LogP contribution in [0.3, 0.4) is 0 Å². The van der Waals surface area contributed by atoms with E-state index in [9.17, 15) is 4.79 Å². The van der Waals surface area contributed by atoms with Gasteiger partial charge < -0.3 is 4.90 Å². The molecule has 0 bridgehead atoms. The number of hydrogen-bond donors (Lipinski definition) is 0. The predicted octanol–water partition coefficient (Wildman–Crippen LogP) is 2.48. The van der Waals surface area contributed by atoms with Crippen LogP contribution in [0, 0.1) is 5.92 Å². The minimum absolute atomic E-state index is 0.322. The smallest absolute Gasteiger partial charge is 0.137 e. The van der Waals surface area contributed by atoms with Gasteiger partial charge in [-0.2, -0.15) is 0 Å². The van der Waals surface area contributed by atoms with Gasteiger partial charge in [0.25, 0.3) is 0 Å². The molecule has 0 aliphatic heterocycles. The lowest BCUT2D eigenvalue weighted by atomic mass is 9.87. The quantitative estimate of drug-likeness (QED) is 0.690. The van der Waals surface area contributed by atoms with Crippen molar-refractivity contribution in [2.45, 2.75) is 52.0 Å². The van der Waals surface area contributed by atoms with Crippen LogP contribution in [0.25, 0.3) is 0 Å². The molecule has 0 amide bonds. The van der Waals surface area contributed by atoms with Gasteiger partial charge in [-0.3, -0.25) is 4.79 Å². The van der Waals surface area contributed by atoms with E-state index >= 15 is 0 Å². The van der Waals surface area contributed by atoms with Crippen molar-refractivity contribution in [3.8, 4) is 0 Å². The van der Waals surface area contributed by atoms with E-state index in [-0.39, 0.29) is 0 Å². The van der Waals surface area contributed by atoms with Crippen LogP contribution in [-0.2, 0) is 4.79 Å². The van der Waals surface area contributed by atoms with E-state index in [1.165, 1.54) is 6.42 Å². The Labute approximate surface area is 87.7 Å². The first kappa shape index (κ1) is 11.7. The summed E-state index contributed by atoms with van der Waals surface area (Å²) in [6, 6.07) is 0.602. The predicted molar refractivity (Wildman–Crippen MR) is 59.3 cm³/mol. The van der Waals surface area contributed by atoms with Gasteiger partial charge in [0.1, 0.15) is 5.78 Å². The molecule has 1 rings (SSSR count). The van der Waals surface area contributed by atoms with E-state index in [2.05, 4.69) is 25.8 Å². The van der Waals surface area contributed by atoms with E-state index in [4.69, 9.17) is 0 Å². The van der Waals surface area contributed by atoms with Crippen molar-refractivity contribution in [1.82, 2.24) is 4.90 Å². The molecule has 1 aliphatic rings. The fourth-order valence-corrected chi connectivity index (χ4v) is 2.09. The Bertz CT molecular complexity index is 191. The maximum absolute atomic E-state index is 11.6. The minimum Gasteiger partial charge on any atom is -0.303 e. The lowest BCUT2D eigenvalue weighted by Crippen LogP contribution is -2.37. The van der Waals surface area contributed by atoms with E-state index in [1.54, 1.807) is 0 Å². The summed E-state index contributed by atoms with van der Waals surface area (Å²) in [7, 11) is 2.13. The van der Waals surface area contributed by atoms with E-state index in [0.29, 0.717) is 17.7 Å².